The maximum atomic E-state index is 14.7. The number of halogens is 1. The summed E-state index contributed by atoms with van der Waals surface area (Å²) in [5.41, 5.74) is 6.25. The summed E-state index contributed by atoms with van der Waals surface area (Å²) in [7, 11) is 1.94. The highest BCUT2D eigenvalue weighted by Gasteiger charge is 2.32. The van der Waals surface area contributed by atoms with Crippen LogP contribution in [-0.2, 0) is 33.1 Å². The fourth-order valence-electron chi connectivity index (χ4n) is 5.20. The Kier molecular flexibility index (Phi) is 4.48. The largest absolute Gasteiger partial charge is 0.362 e. The molecule has 2 aliphatic rings. The Bertz CT molecular complexity index is 1410. The molecule has 0 N–H and O–H groups in total. The Morgan fingerprint density at radius 2 is 2.09 bits per heavy atom. The lowest BCUT2D eigenvalue weighted by molar-refractivity contribution is 0.244. The highest BCUT2D eigenvalue weighted by atomic mass is 19.1. The van der Waals surface area contributed by atoms with Crippen LogP contribution in [0.2, 0.25) is 0 Å². The first-order chi connectivity index (χ1) is 16.0. The standard InChI is InChI=1S/C23H24FN9/c1-15-10-31(21-4-3-17(7-25)33-23(21)19(24)9-27-33)14-22-18-13-30(6-5-20(18)28-32(15)22)12-16-8-26-29(2)11-16/h3-4,8-9,11,15H,5-6,10,12-14H2,1-2H3/t15-/m1/s1. The van der Waals surface area contributed by atoms with Gasteiger partial charge in [0.05, 0.1) is 42.1 Å². The molecule has 0 saturated carbocycles. The van der Waals surface area contributed by atoms with Crippen LogP contribution in [-0.4, -0.2) is 47.2 Å². The molecule has 0 spiro atoms. The monoisotopic (exact) mass is 445 g/mol. The highest BCUT2D eigenvalue weighted by Crippen LogP contribution is 2.34. The summed E-state index contributed by atoms with van der Waals surface area (Å²) in [6.07, 6.45) is 6.07. The van der Waals surface area contributed by atoms with Gasteiger partial charge < -0.3 is 4.90 Å². The minimum atomic E-state index is -0.418. The Morgan fingerprint density at radius 3 is 2.88 bits per heavy atom. The predicted octanol–water partition coefficient (Wildman–Crippen LogP) is 2.41. The zero-order valence-corrected chi connectivity index (χ0v) is 18.6. The maximum Gasteiger partial charge on any atom is 0.171 e. The van der Waals surface area contributed by atoms with E-state index in [0.29, 0.717) is 24.3 Å². The van der Waals surface area contributed by atoms with E-state index in [1.165, 1.54) is 33.2 Å². The molecule has 0 saturated heterocycles. The smallest absolute Gasteiger partial charge is 0.171 e. The minimum absolute atomic E-state index is 0.146. The van der Waals surface area contributed by atoms with Crippen molar-refractivity contribution in [2.24, 2.45) is 7.05 Å². The summed E-state index contributed by atoms with van der Waals surface area (Å²) in [6, 6.07) is 5.77. The van der Waals surface area contributed by atoms with Crippen LogP contribution in [0.3, 0.4) is 0 Å². The third-order valence-electron chi connectivity index (χ3n) is 6.71. The molecule has 33 heavy (non-hydrogen) atoms. The van der Waals surface area contributed by atoms with Gasteiger partial charge in [0.15, 0.2) is 5.82 Å². The molecule has 1 atom stereocenters. The van der Waals surface area contributed by atoms with Crippen LogP contribution in [0.4, 0.5) is 10.1 Å². The Morgan fingerprint density at radius 1 is 1.21 bits per heavy atom. The number of nitrogens with zero attached hydrogens (tertiary/aromatic N) is 9. The van der Waals surface area contributed by atoms with E-state index < -0.39 is 5.82 Å². The fourth-order valence-corrected chi connectivity index (χ4v) is 5.20. The van der Waals surface area contributed by atoms with E-state index in [1.54, 1.807) is 6.07 Å². The first-order valence-corrected chi connectivity index (χ1v) is 11.1. The molecule has 0 aliphatic carbocycles. The summed E-state index contributed by atoms with van der Waals surface area (Å²) in [5.74, 6) is -0.418. The van der Waals surface area contributed by atoms with Gasteiger partial charge in [0.1, 0.15) is 17.3 Å². The summed E-state index contributed by atoms with van der Waals surface area (Å²) in [4.78, 5) is 4.62. The number of aryl methyl sites for hydroxylation is 1. The molecule has 2 aliphatic heterocycles. The Hall–Kier alpha value is -3.71. The number of pyridine rings is 1. The van der Waals surface area contributed by atoms with Crippen molar-refractivity contribution >= 4 is 11.2 Å². The van der Waals surface area contributed by atoms with Gasteiger partial charge in [-0.15, -0.1) is 0 Å². The Labute approximate surface area is 190 Å². The second-order valence-electron chi connectivity index (χ2n) is 9.00. The summed E-state index contributed by atoms with van der Waals surface area (Å²) in [6.45, 7) is 6.15. The second kappa shape index (κ2) is 7.42. The van der Waals surface area contributed by atoms with Crippen molar-refractivity contribution < 1.29 is 4.39 Å². The van der Waals surface area contributed by atoms with Crippen LogP contribution < -0.4 is 4.90 Å². The molecule has 0 amide bonds. The van der Waals surface area contributed by atoms with Gasteiger partial charge in [0, 0.05) is 57.0 Å². The molecule has 4 aromatic rings. The van der Waals surface area contributed by atoms with Crippen molar-refractivity contribution in [1.82, 2.24) is 34.1 Å². The predicted molar refractivity (Wildman–Crippen MR) is 119 cm³/mol. The highest BCUT2D eigenvalue weighted by molar-refractivity contribution is 5.75. The van der Waals surface area contributed by atoms with Crippen molar-refractivity contribution in [3.63, 3.8) is 0 Å². The van der Waals surface area contributed by atoms with Crippen LogP contribution in [0.5, 0.6) is 0 Å². The molecule has 9 nitrogen and oxygen atoms in total. The van der Waals surface area contributed by atoms with Crippen molar-refractivity contribution in [1.29, 1.82) is 5.26 Å². The molecular formula is C23H24FN9. The molecule has 4 aromatic heterocycles. The number of hydrogen-bond donors (Lipinski definition) is 0. The number of nitriles is 1. The fraction of sp³-hybridized carbons (Fsp3) is 0.391. The van der Waals surface area contributed by atoms with Gasteiger partial charge >= 0.3 is 0 Å². The van der Waals surface area contributed by atoms with Gasteiger partial charge in [-0.2, -0.15) is 20.6 Å². The lowest BCUT2D eigenvalue weighted by Gasteiger charge is -2.35. The van der Waals surface area contributed by atoms with Crippen LogP contribution in [0.25, 0.3) is 5.52 Å². The maximum absolute atomic E-state index is 14.7. The van der Waals surface area contributed by atoms with Crippen molar-refractivity contribution in [3.05, 3.63) is 64.7 Å². The van der Waals surface area contributed by atoms with E-state index in [1.807, 2.05) is 24.0 Å². The summed E-state index contributed by atoms with van der Waals surface area (Å²) in [5, 5.41) is 22.7. The van der Waals surface area contributed by atoms with Crippen LogP contribution >= 0.6 is 0 Å². The van der Waals surface area contributed by atoms with E-state index in [2.05, 4.69) is 43.9 Å². The van der Waals surface area contributed by atoms with Crippen LogP contribution in [0, 0.1) is 17.1 Å². The SMILES string of the molecule is C[C@@H]1CN(c2ccc(C#N)n3ncc(F)c23)Cc2c3c(nn21)CCN(Cc1cnn(C)c1)C3. The number of hydrogen-bond acceptors (Lipinski definition) is 6. The van der Waals surface area contributed by atoms with Gasteiger partial charge in [0.2, 0.25) is 0 Å². The molecule has 168 valence electrons. The lowest BCUT2D eigenvalue weighted by Crippen LogP contribution is -2.37. The van der Waals surface area contributed by atoms with Gasteiger partial charge in [-0.3, -0.25) is 14.3 Å². The number of aromatic nitrogens is 6. The van der Waals surface area contributed by atoms with Crippen LogP contribution in [0.1, 0.15) is 41.2 Å². The van der Waals surface area contributed by atoms with Crippen molar-refractivity contribution in [2.75, 3.05) is 18.0 Å². The molecule has 0 fully saturated rings. The first kappa shape index (κ1) is 19.9. The quantitative estimate of drug-likeness (QED) is 0.482. The van der Waals surface area contributed by atoms with Gasteiger partial charge in [-0.05, 0) is 19.1 Å². The number of fused-ring (bicyclic) bond motifs is 4. The summed E-state index contributed by atoms with van der Waals surface area (Å²) >= 11 is 0. The van der Waals surface area contributed by atoms with E-state index in [0.717, 1.165) is 31.7 Å². The normalized spacial score (nSPS) is 18.4. The van der Waals surface area contributed by atoms with E-state index in [-0.39, 0.29) is 6.04 Å². The van der Waals surface area contributed by atoms with Gasteiger partial charge in [-0.1, -0.05) is 0 Å². The Balaban J connectivity index is 1.34. The molecule has 6 rings (SSSR count). The van der Waals surface area contributed by atoms with Crippen LogP contribution in [0.15, 0.2) is 30.7 Å². The molecule has 10 heteroatoms. The first-order valence-electron chi connectivity index (χ1n) is 11.1. The van der Waals surface area contributed by atoms with Crippen molar-refractivity contribution in [2.45, 2.75) is 39.0 Å². The average Bonchev–Trinajstić information content (AvgIpc) is 3.51. The van der Waals surface area contributed by atoms with Gasteiger partial charge in [-0.25, -0.2) is 8.91 Å². The van der Waals surface area contributed by atoms with Gasteiger partial charge in [0.25, 0.3) is 0 Å². The second-order valence-corrected chi connectivity index (χ2v) is 9.00. The van der Waals surface area contributed by atoms with E-state index >= 15 is 0 Å². The third-order valence-corrected chi connectivity index (χ3v) is 6.71. The van der Waals surface area contributed by atoms with Crippen molar-refractivity contribution in [3.8, 4) is 6.07 Å². The van der Waals surface area contributed by atoms with E-state index in [9.17, 15) is 9.65 Å². The minimum Gasteiger partial charge on any atom is -0.362 e. The molecule has 0 aromatic carbocycles. The molecule has 0 unspecified atom stereocenters. The number of anilines is 1. The third kappa shape index (κ3) is 3.19. The molecule has 0 radical (unpaired) electrons. The zero-order valence-electron chi connectivity index (χ0n) is 18.6. The topological polar surface area (TPSA) is 83.2 Å². The number of rotatable bonds is 3. The lowest BCUT2D eigenvalue weighted by atomic mass is 10.0. The molecule has 6 heterocycles. The molecular weight excluding hydrogens is 421 g/mol. The molecule has 0 bridgehead atoms. The zero-order chi connectivity index (χ0) is 22.7. The summed E-state index contributed by atoms with van der Waals surface area (Å²) < 4.78 is 20.1. The van der Waals surface area contributed by atoms with E-state index in [4.69, 9.17) is 5.10 Å². The average molecular weight is 446 g/mol.